The molecule has 0 amide bonds. The minimum Gasteiger partial charge on any atom is -0.316 e. The van der Waals surface area contributed by atoms with Gasteiger partial charge in [0.1, 0.15) is 5.69 Å². The molecule has 0 saturated carbocycles. The molecule has 1 N–H and O–H groups in total. The molecule has 1 aromatic rings. The Morgan fingerprint density at radius 2 is 2.44 bits per heavy atom. The van der Waals surface area contributed by atoms with Gasteiger partial charge in [-0.3, -0.25) is 9.78 Å². The number of hydrogen-bond acceptors (Lipinski definition) is 4. The Hall–Kier alpha value is -1.29. The summed E-state index contributed by atoms with van der Waals surface area (Å²) in [7, 11) is 0. The normalized spacial score (nSPS) is 25.3. The van der Waals surface area contributed by atoms with E-state index in [4.69, 9.17) is 0 Å². The molecule has 1 aliphatic heterocycles. The molecule has 1 fully saturated rings. The highest BCUT2D eigenvalue weighted by molar-refractivity contribution is 5.98. The summed E-state index contributed by atoms with van der Waals surface area (Å²) < 4.78 is 0. The maximum absolute atomic E-state index is 12.4. The molecule has 0 bridgehead atoms. The van der Waals surface area contributed by atoms with Gasteiger partial charge in [0.25, 0.3) is 0 Å². The molecule has 0 spiro atoms. The van der Waals surface area contributed by atoms with Crippen LogP contribution < -0.4 is 5.32 Å². The van der Waals surface area contributed by atoms with Crippen molar-refractivity contribution in [3.05, 3.63) is 24.3 Å². The lowest BCUT2D eigenvalue weighted by Crippen LogP contribution is -2.45. The predicted molar refractivity (Wildman–Crippen MR) is 61.2 cm³/mol. The molecule has 1 aromatic heterocycles. The molecular weight excluding hydrogens is 202 g/mol. The molecule has 0 aromatic carbocycles. The average Bonchev–Trinajstić information content (AvgIpc) is 2.39. The van der Waals surface area contributed by atoms with Crippen LogP contribution in [0.1, 0.15) is 36.7 Å². The molecule has 1 saturated heterocycles. The summed E-state index contributed by atoms with van der Waals surface area (Å²) in [6.45, 7) is 3.84. The van der Waals surface area contributed by atoms with Crippen LogP contribution in [-0.4, -0.2) is 28.8 Å². The van der Waals surface area contributed by atoms with E-state index in [0.29, 0.717) is 5.69 Å². The fourth-order valence-electron chi connectivity index (χ4n) is 2.31. The quantitative estimate of drug-likeness (QED) is 0.781. The highest BCUT2D eigenvalue weighted by Gasteiger charge is 2.38. The third kappa shape index (κ3) is 1.97. The topological polar surface area (TPSA) is 54.9 Å². The maximum Gasteiger partial charge on any atom is 0.190 e. The Morgan fingerprint density at radius 1 is 1.56 bits per heavy atom. The van der Waals surface area contributed by atoms with Crippen molar-refractivity contribution in [2.24, 2.45) is 5.41 Å². The second kappa shape index (κ2) is 4.70. The number of piperidine rings is 1. The van der Waals surface area contributed by atoms with Crippen LogP contribution in [0.3, 0.4) is 0 Å². The lowest BCUT2D eigenvalue weighted by atomic mass is 9.74. The minimum absolute atomic E-state index is 0.135. The van der Waals surface area contributed by atoms with Crippen molar-refractivity contribution >= 4 is 5.78 Å². The molecule has 2 heterocycles. The summed E-state index contributed by atoms with van der Waals surface area (Å²) in [5.74, 6) is 0.135. The molecule has 0 aliphatic carbocycles. The predicted octanol–water partition coefficient (Wildman–Crippen LogP) is 1.44. The molecular formula is C12H17N3O. The summed E-state index contributed by atoms with van der Waals surface area (Å²) in [5.41, 5.74) is 0.224. The van der Waals surface area contributed by atoms with Crippen molar-refractivity contribution in [2.45, 2.75) is 26.2 Å². The van der Waals surface area contributed by atoms with Gasteiger partial charge in [0.15, 0.2) is 5.78 Å². The zero-order valence-electron chi connectivity index (χ0n) is 9.57. The van der Waals surface area contributed by atoms with Gasteiger partial charge in [0, 0.05) is 24.4 Å². The van der Waals surface area contributed by atoms with Crippen molar-refractivity contribution in [1.82, 2.24) is 15.3 Å². The maximum atomic E-state index is 12.4. The van der Waals surface area contributed by atoms with Gasteiger partial charge in [0.05, 0.1) is 6.20 Å². The molecule has 4 heteroatoms. The van der Waals surface area contributed by atoms with Crippen LogP contribution in [0.4, 0.5) is 0 Å². The molecule has 1 aliphatic rings. The summed E-state index contributed by atoms with van der Waals surface area (Å²) in [6.07, 6.45) is 7.59. The highest BCUT2D eigenvalue weighted by atomic mass is 16.1. The second-order valence-corrected chi connectivity index (χ2v) is 4.33. The van der Waals surface area contributed by atoms with Gasteiger partial charge in [-0.25, -0.2) is 4.98 Å². The summed E-state index contributed by atoms with van der Waals surface area (Å²) in [4.78, 5) is 20.5. The van der Waals surface area contributed by atoms with E-state index < -0.39 is 0 Å². The van der Waals surface area contributed by atoms with Crippen LogP contribution >= 0.6 is 0 Å². The SMILES string of the molecule is CCC1(C(=O)c2cnccn2)CCCNC1. The molecule has 4 nitrogen and oxygen atoms in total. The number of hydrogen-bond donors (Lipinski definition) is 1. The summed E-state index contributed by atoms with van der Waals surface area (Å²) >= 11 is 0. The van der Waals surface area contributed by atoms with Gasteiger partial charge in [-0.15, -0.1) is 0 Å². The zero-order chi connectivity index (χ0) is 11.4. The minimum atomic E-state index is -0.270. The van der Waals surface area contributed by atoms with Crippen LogP contribution in [0.5, 0.6) is 0 Å². The second-order valence-electron chi connectivity index (χ2n) is 4.33. The van der Waals surface area contributed by atoms with Gasteiger partial charge in [-0.05, 0) is 25.8 Å². The number of rotatable bonds is 3. The van der Waals surface area contributed by atoms with E-state index in [-0.39, 0.29) is 11.2 Å². The number of aromatic nitrogens is 2. The zero-order valence-corrected chi connectivity index (χ0v) is 9.57. The van der Waals surface area contributed by atoms with Crippen LogP contribution in [0.25, 0.3) is 0 Å². The number of carbonyl (C=O) groups excluding carboxylic acids is 1. The number of Topliss-reactive ketones (excluding diaryl/α,β-unsaturated/α-hetero) is 1. The van der Waals surface area contributed by atoms with E-state index in [1.807, 2.05) is 0 Å². The van der Waals surface area contributed by atoms with Crippen LogP contribution in [-0.2, 0) is 0 Å². The third-order valence-electron chi connectivity index (χ3n) is 3.43. The lowest BCUT2D eigenvalue weighted by molar-refractivity contribution is 0.0724. The third-order valence-corrected chi connectivity index (χ3v) is 3.43. The highest BCUT2D eigenvalue weighted by Crippen LogP contribution is 2.33. The largest absolute Gasteiger partial charge is 0.316 e. The van der Waals surface area contributed by atoms with Crippen molar-refractivity contribution in [3.8, 4) is 0 Å². The van der Waals surface area contributed by atoms with E-state index in [1.54, 1.807) is 18.6 Å². The van der Waals surface area contributed by atoms with Crippen molar-refractivity contribution < 1.29 is 4.79 Å². The van der Waals surface area contributed by atoms with Gasteiger partial charge in [-0.1, -0.05) is 6.92 Å². The molecule has 2 rings (SSSR count). The van der Waals surface area contributed by atoms with E-state index in [9.17, 15) is 4.79 Å². The van der Waals surface area contributed by atoms with Crippen LogP contribution in [0.15, 0.2) is 18.6 Å². The first-order valence-corrected chi connectivity index (χ1v) is 5.80. The van der Waals surface area contributed by atoms with Gasteiger partial charge < -0.3 is 5.32 Å². The van der Waals surface area contributed by atoms with E-state index in [1.165, 1.54) is 0 Å². The monoisotopic (exact) mass is 219 g/mol. The van der Waals surface area contributed by atoms with E-state index in [0.717, 1.165) is 32.4 Å². The Balaban J connectivity index is 2.24. The van der Waals surface area contributed by atoms with Crippen LogP contribution in [0.2, 0.25) is 0 Å². The Kier molecular flexibility index (Phi) is 3.29. The van der Waals surface area contributed by atoms with E-state index >= 15 is 0 Å². The summed E-state index contributed by atoms with van der Waals surface area (Å²) in [6, 6.07) is 0. The molecule has 0 radical (unpaired) electrons. The first-order chi connectivity index (χ1) is 7.78. The molecule has 1 atom stereocenters. The first kappa shape index (κ1) is 11.2. The molecule has 1 unspecified atom stereocenters. The van der Waals surface area contributed by atoms with Crippen molar-refractivity contribution in [2.75, 3.05) is 13.1 Å². The van der Waals surface area contributed by atoms with Gasteiger partial charge in [0.2, 0.25) is 0 Å². The van der Waals surface area contributed by atoms with E-state index in [2.05, 4.69) is 22.2 Å². The van der Waals surface area contributed by atoms with Gasteiger partial charge >= 0.3 is 0 Å². The smallest absolute Gasteiger partial charge is 0.190 e. The van der Waals surface area contributed by atoms with Crippen LogP contribution in [0, 0.1) is 5.41 Å². The number of carbonyl (C=O) groups is 1. The molecule has 16 heavy (non-hydrogen) atoms. The fraction of sp³-hybridized carbons (Fsp3) is 0.583. The summed E-state index contributed by atoms with van der Waals surface area (Å²) in [5, 5.41) is 3.31. The number of nitrogens with zero attached hydrogens (tertiary/aromatic N) is 2. The Morgan fingerprint density at radius 3 is 3.00 bits per heavy atom. The Labute approximate surface area is 95.5 Å². The average molecular weight is 219 g/mol. The lowest BCUT2D eigenvalue weighted by Gasteiger charge is -2.35. The fourth-order valence-corrected chi connectivity index (χ4v) is 2.31. The van der Waals surface area contributed by atoms with Crippen molar-refractivity contribution in [1.29, 1.82) is 0 Å². The van der Waals surface area contributed by atoms with Crippen molar-refractivity contribution in [3.63, 3.8) is 0 Å². The first-order valence-electron chi connectivity index (χ1n) is 5.80. The number of ketones is 1. The Bertz CT molecular complexity index is 358. The molecule has 86 valence electrons. The number of nitrogens with one attached hydrogen (secondary N) is 1. The van der Waals surface area contributed by atoms with Gasteiger partial charge in [-0.2, -0.15) is 0 Å². The standard InChI is InChI=1S/C12H17N3O/c1-2-12(4-3-5-14-9-12)11(16)10-8-13-6-7-15-10/h6-8,14H,2-5,9H2,1H3.